The van der Waals surface area contributed by atoms with Gasteiger partial charge in [0, 0.05) is 16.1 Å². The molecule has 0 fully saturated rings. The van der Waals surface area contributed by atoms with Crippen LogP contribution in [-0.4, -0.2) is 11.8 Å². The van der Waals surface area contributed by atoms with Gasteiger partial charge < -0.3 is 9.47 Å². The van der Waals surface area contributed by atoms with Gasteiger partial charge in [-0.05, 0) is 49.4 Å². The van der Waals surface area contributed by atoms with E-state index < -0.39 is 5.97 Å². The van der Waals surface area contributed by atoms with Crippen LogP contribution in [0.15, 0.2) is 72.8 Å². The Kier molecular flexibility index (Phi) is 5.89. The lowest BCUT2D eigenvalue weighted by atomic mass is 10.1. The highest BCUT2D eigenvalue weighted by molar-refractivity contribution is 6.31. The lowest BCUT2D eigenvalue weighted by Gasteiger charge is -2.12. The van der Waals surface area contributed by atoms with Gasteiger partial charge in [0.25, 0.3) is 0 Å². The first-order valence-electron chi connectivity index (χ1n) is 8.33. The van der Waals surface area contributed by atoms with E-state index >= 15 is 0 Å². The Bertz CT molecular complexity index is 964. The number of carbonyl (C=O) groups excluding carboxylic acids is 2. The van der Waals surface area contributed by atoms with Crippen molar-refractivity contribution in [2.45, 2.75) is 13.5 Å². The number of hydrogen-bond acceptors (Lipinski definition) is 4. The standard InChI is InChI=1S/C22H17ClO4/c1-15(24)16-10-12-18(13-11-16)27-22(25)19-7-3-5-9-21(19)26-14-17-6-2-4-8-20(17)23/h2-13H,14H2,1H3. The van der Waals surface area contributed by atoms with Gasteiger partial charge in [-0.1, -0.05) is 41.9 Å². The van der Waals surface area contributed by atoms with Crippen molar-refractivity contribution in [2.24, 2.45) is 0 Å². The van der Waals surface area contributed by atoms with Gasteiger partial charge in [-0.2, -0.15) is 0 Å². The Morgan fingerprint density at radius 2 is 1.56 bits per heavy atom. The number of Topliss-reactive ketones (excluding diaryl/α,β-unsaturated/α-hetero) is 1. The van der Waals surface area contributed by atoms with E-state index in [2.05, 4.69) is 0 Å². The van der Waals surface area contributed by atoms with Crippen LogP contribution >= 0.6 is 11.6 Å². The van der Waals surface area contributed by atoms with Crippen LogP contribution in [-0.2, 0) is 6.61 Å². The monoisotopic (exact) mass is 380 g/mol. The SMILES string of the molecule is CC(=O)c1ccc(OC(=O)c2ccccc2OCc2ccccc2Cl)cc1. The number of benzene rings is 3. The predicted octanol–water partition coefficient (Wildman–Crippen LogP) is 5.34. The lowest BCUT2D eigenvalue weighted by Crippen LogP contribution is -2.11. The molecule has 0 spiro atoms. The number of rotatable bonds is 6. The van der Waals surface area contributed by atoms with Gasteiger partial charge in [-0.15, -0.1) is 0 Å². The summed E-state index contributed by atoms with van der Waals surface area (Å²) in [6.45, 7) is 1.71. The Hall–Kier alpha value is -3.11. The lowest BCUT2D eigenvalue weighted by molar-refractivity contribution is 0.0729. The number of halogens is 1. The van der Waals surface area contributed by atoms with Gasteiger partial charge >= 0.3 is 5.97 Å². The summed E-state index contributed by atoms with van der Waals surface area (Å²) in [5, 5.41) is 0.600. The average Bonchev–Trinajstić information content (AvgIpc) is 2.68. The minimum atomic E-state index is -0.541. The first-order valence-corrected chi connectivity index (χ1v) is 8.71. The molecule has 0 aliphatic carbocycles. The van der Waals surface area contributed by atoms with Crippen LogP contribution in [0.4, 0.5) is 0 Å². The third kappa shape index (κ3) is 4.74. The number of carbonyl (C=O) groups is 2. The Morgan fingerprint density at radius 1 is 0.889 bits per heavy atom. The second-order valence-corrected chi connectivity index (χ2v) is 6.25. The Labute approximate surface area is 162 Å². The third-order valence-electron chi connectivity index (χ3n) is 3.92. The molecule has 0 unspecified atom stereocenters. The van der Waals surface area contributed by atoms with Crippen LogP contribution in [0.25, 0.3) is 0 Å². The highest BCUT2D eigenvalue weighted by Crippen LogP contribution is 2.24. The highest BCUT2D eigenvalue weighted by atomic mass is 35.5. The molecule has 0 aliphatic heterocycles. The number of ketones is 1. The summed E-state index contributed by atoms with van der Waals surface area (Å²) in [6.07, 6.45) is 0. The fourth-order valence-electron chi connectivity index (χ4n) is 2.45. The van der Waals surface area contributed by atoms with Gasteiger partial charge in [0.15, 0.2) is 5.78 Å². The third-order valence-corrected chi connectivity index (χ3v) is 4.29. The molecule has 0 radical (unpaired) electrons. The molecule has 4 nitrogen and oxygen atoms in total. The van der Waals surface area contributed by atoms with Crippen molar-refractivity contribution in [1.82, 2.24) is 0 Å². The fraction of sp³-hybridized carbons (Fsp3) is 0.0909. The smallest absolute Gasteiger partial charge is 0.347 e. The van der Waals surface area contributed by atoms with Crippen LogP contribution in [0.5, 0.6) is 11.5 Å². The van der Waals surface area contributed by atoms with Crippen LogP contribution in [0.3, 0.4) is 0 Å². The molecule has 3 aromatic carbocycles. The molecule has 3 rings (SSSR count). The first-order chi connectivity index (χ1) is 13.0. The van der Waals surface area contributed by atoms with Crippen molar-refractivity contribution in [3.63, 3.8) is 0 Å². The number of para-hydroxylation sites is 1. The van der Waals surface area contributed by atoms with Gasteiger partial charge in [0.2, 0.25) is 0 Å². The summed E-state index contributed by atoms with van der Waals surface area (Å²) >= 11 is 6.14. The quantitative estimate of drug-likeness (QED) is 0.329. The van der Waals surface area contributed by atoms with E-state index in [0.717, 1.165) is 5.56 Å². The molecule has 0 heterocycles. The number of esters is 1. The van der Waals surface area contributed by atoms with Gasteiger partial charge in [-0.3, -0.25) is 4.79 Å². The maximum absolute atomic E-state index is 12.5. The molecule has 0 N–H and O–H groups in total. The van der Waals surface area contributed by atoms with Crippen molar-refractivity contribution in [3.8, 4) is 11.5 Å². The van der Waals surface area contributed by atoms with E-state index in [1.807, 2.05) is 18.2 Å². The summed E-state index contributed by atoms with van der Waals surface area (Å²) in [7, 11) is 0. The van der Waals surface area contributed by atoms with Crippen molar-refractivity contribution in [2.75, 3.05) is 0 Å². The van der Waals surface area contributed by atoms with Crippen molar-refractivity contribution in [1.29, 1.82) is 0 Å². The predicted molar refractivity (Wildman–Crippen MR) is 104 cm³/mol. The molecule has 0 aromatic heterocycles. The fourth-order valence-corrected chi connectivity index (χ4v) is 2.64. The van der Waals surface area contributed by atoms with E-state index in [-0.39, 0.29) is 12.4 Å². The van der Waals surface area contributed by atoms with Crippen molar-refractivity contribution < 1.29 is 19.1 Å². The minimum absolute atomic E-state index is 0.0498. The summed E-state index contributed by atoms with van der Waals surface area (Å²) in [5.74, 6) is 0.167. The number of ether oxygens (including phenoxy) is 2. The van der Waals surface area contributed by atoms with Crippen LogP contribution in [0, 0.1) is 0 Å². The van der Waals surface area contributed by atoms with E-state index in [4.69, 9.17) is 21.1 Å². The van der Waals surface area contributed by atoms with Crippen LogP contribution < -0.4 is 9.47 Å². The average molecular weight is 381 g/mol. The molecular weight excluding hydrogens is 364 g/mol. The summed E-state index contributed by atoms with van der Waals surface area (Å²) in [5.41, 5.74) is 1.68. The zero-order chi connectivity index (χ0) is 19.2. The van der Waals surface area contributed by atoms with Crippen molar-refractivity contribution in [3.05, 3.63) is 94.5 Å². The second-order valence-electron chi connectivity index (χ2n) is 5.85. The van der Waals surface area contributed by atoms with E-state index in [1.165, 1.54) is 6.92 Å². The normalized spacial score (nSPS) is 10.3. The maximum Gasteiger partial charge on any atom is 0.347 e. The zero-order valence-corrected chi connectivity index (χ0v) is 15.4. The molecule has 5 heteroatoms. The number of hydrogen-bond donors (Lipinski definition) is 0. The van der Waals surface area contributed by atoms with Crippen molar-refractivity contribution >= 4 is 23.4 Å². The molecule has 0 bridgehead atoms. The molecule has 0 atom stereocenters. The van der Waals surface area contributed by atoms with Crippen LogP contribution in [0.1, 0.15) is 33.2 Å². The van der Waals surface area contributed by atoms with Gasteiger partial charge in [-0.25, -0.2) is 4.79 Å². The molecule has 3 aromatic rings. The molecule has 136 valence electrons. The summed E-state index contributed by atoms with van der Waals surface area (Å²) < 4.78 is 11.2. The molecule has 27 heavy (non-hydrogen) atoms. The first kappa shape index (κ1) is 18.7. The molecule has 0 amide bonds. The van der Waals surface area contributed by atoms with Crippen LogP contribution in [0.2, 0.25) is 5.02 Å². The summed E-state index contributed by atoms with van der Waals surface area (Å²) in [4.78, 5) is 23.9. The second kappa shape index (κ2) is 8.52. The molecular formula is C22H17ClO4. The van der Waals surface area contributed by atoms with Gasteiger partial charge in [0.1, 0.15) is 23.7 Å². The maximum atomic E-state index is 12.5. The van der Waals surface area contributed by atoms with E-state index in [1.54, 1.807) is 54.6 Å². The minimum Gasteiger partial charge on any atom is -0.488 e. The van der Waals surface area contributed by atoms with E-state index in [0.29, 0.717) is 27.6 Å². The Morgan fingerprint density at radius 3 is 2.26 bits per heavy atom. The molecule has 0 aliphatic rings. The largest absolute Gasteiger partial charge is 0.488 e. The summed E-state index contributed by atoms with van der Waals surface area (Å²) in [6, 6.07) is 20.6. The Balaban J connectivity index is 1.73. The zero-order valence-electron chi connectivity index (χ0n) is 14.6. The molecule has 0 saturated carbocycles. The molecule has 0 saturated heterocycles. The van der Waals surface area contributed by atoms with Gasteiger partial charge in [0.05, 0.1) is 0 Å². The van der Waals surface area contributed by atoms with E-state index in [9.17, 15) is 9.59 Å². The highest BCUT2D eigenvalue weighted by Gasteiger charge is 2.15. The topological polar surface area (TPSA) is 52.6 Å².